The summed E-state index contributed by atoms with van der Waals surface area (Å²) >= 11 is 0. The van der Waals surface area contributed by atoms with Gasteiger partial charge in [-0.05, 0) is 36.8 Å². The fourth-order valence-corrected chi connectivity index (χ4v) is 2.44. The quantitative estimate of drug-likeness (QED) is 0.544. The summed E-state index contributed by atoms with van der Waals surface area (Å²) in [5.74, 6) is 1.17. The van der Waals surface area contributed by atoms with Crippen LogP contribution in [0.1, 0.15) is 11.3 Å². The number of aryl methyl sites for hydroxylation is 1. The first-order chi connectivity index (χ1) is 12.5. The van der Waals surface area contributed by atoms with Gasteiger partial charge >= 0.3 is 0 Å². The van der Waals surface area contributed by atoms with Crippen LogP contribution in [0.15, 0.2) is 59.7 Å². The lowest BCUT2D eigenvalue weighted by atomic mass is 10.2. The van der Waals surface area contributed by atoms with Crippen LogP contribution in [0, 0.1) is 6.92 Å². The summed E-state index contributed by atoms with van der Waals surface area (Å²) in [5, 5.41) is 14.2. The number of hydrogen-bond acceptors (Lipinski definition) is 6. The third-order valence-electron chi connectivity index (χ3n) is 3.80. The highest BCUT2D eigenvalue weighted by molar-refractivity contribution is 5.81. The molecule has 0 saturated heterocycles. The fraction of sp³-hybridized carbons (Fsp3) is 0.150. The van der Waals surface area contributed by atoms with Crippen molar-refractivity contribution in [3.05, 3.63) is 65.9 Å². The Hall–Kier alpha value is -3.41. The van der Waals surface area contributed by atoms with Crippen molar-refractivity contribution in [3.8, 4) is 17.1 Å². The Balaban J connectivity index is 1.77. The van der Waals surface area contributed by atoms with E-state index in [-0.39, 0.29) is 5.75 Å². The summed E-state index contributed by atoms with van der Waals surface area (Å²) in [7, 11) is 4.01. The van der Waals surface area contributed by atoms with E-state index in [4.69, 9.17) is 0 Å². The van der Waals surface area contributed by atoms with Gasteiger partial charge < -0.3 is 10.0 Å². The van der Waals surface area contributed by atoms with Gasteiger partial charge in [0.2, 0.25) is 0 Å². The van der Waals surface area contributed by atoms with Crippen LogP contribution < -0.4 is 10.3 Å². The number of hydrogen-bond donors (Lipinski definition) is 2. The lowest BCUT2D eigenvalue weighted by molar-refractivity contribution is 0.477. The Labute approximate surface area is 152 Å². The molecular weight excluding hydrogens is 326 g/mol. The van der Waals surface area contributed by atoms with Crippen LogP contribution in [-0.2, 0) is 0 Å². The average molecular weight is 347 g/mol. The summed E-state index contributed by atoms with van der Waals surface area (Å²) in [5.41, 5.74) is 6.41. The van der Waals surface area contributed by atoms with Gasteiger partial charge in [0.05, 0.1) is 11.8 Å². The lowest BCUT2D eigenvalue weighted by Gasteiger charge is -2.11. The molecule has 0 bridgehead atoms. The Morgan fingerprint density at radius 2 is 1.77 bits per heavy atom. The lowest BCUT2D eigenvalue weighted by Crippen LogP contribution is -2.08. The van der Waals surface area contributed by atoms with Crippen molar-refractivity contribution in [2.45, 2.75) is 6.92 Å². The Morgan fingerprint density at radius 1 is 1.04 bits per heavy atom. The zero-order valence-corrected chi connectivity index (χ0v) is 15.0. The molecule has 0 aliphatic rings. The summed E-state index contributed by atoms with van der Waals surface area (Å²) < 4.78 is 0. The summed E-state index contributed by atoms with van der Waals surface area (Å²) in [4.78, 5) is 10.9. The Bertz CT molecular complexity index is 920. The molecular formula is C20H21N5O. The van der Waals surface area contributed by atoms with Gasteiger partial charge in [-0.2, -0.15) is 5.10 Å². The summed E-state index contributed by atoms with van der Waals surface area (Å²) in [6.07, 6.45) is 1.73. The molecule has 0 aliphatic carbocycles. The number of phenolic OH excluding ortho intramolecular Hbond substituents is 1. The first kappa shape index (κ1) is 17.4. The molecule has 2 N–H and O–H groups in total. The van der Waals surface area contributed by atoms with Gasteiger partial charge in [-0.25, -0.2) is 9.97 Å². The number of rotatable bonds is 5. The van der Waals surface area contributed by atoms with E-state index in [2.05, 4.69) is 20.5 Å². The van der Waals surface area contributed by atoms with E-state index < -0.39 is 0 Å². The van der Waals surface area contributed by atoms with E-state index in [1.54, 1.807) is 30.5 Å². The number of aromatic nitrogens is 2. The van der Waals surface area contributed by atoms with Gasteiger partial charge in [-0.1, -0.05) is 24.3 Å². The molecule has 26 heavy (non-hydrogen) atoms. The summed E-state index contributed by atoms with van der Waals surface area (Å²) in [6, 6.07) is 16.9. The highest BCUT2D eigenvalue weighted by Gasteiger charge is 2.08. The van der Waals surface area contributed by atoms with Crippen LogP contribution in [0.4, 0.5) is 11.5 Å². The molecule has 3 aromatic rings. The van der Waals surface area contributed by atoms with Crippen LogP contribution in [0.5, 0.6) is 5.75 Å². The van der Waals surface area contributed by atoms with Crippen molar-refractivity contribution in [2.24, 2.45) is 5.10 Å². The van der Waals surface area contributed by atoms with Gasteiger partial charge in [0.25, 0.3) is 0 Å². The predicted molar refractivity (Wildman–Crippen MR) is 106 cm³/mol. The molecule has 0 amide bonds. The minimum absolute atomic E-state index is 0.147. The first-order valence-corrected chi connectivity index (χ1v) is 8.23. The molecule has 0 atom stereocenters. The topological polar surface area (TPSA) is 73.6 Å². The number of nitrogens with zero attached hydrogens (tertiary/aromatic N) is 4. The normalized spacial score (nSPS) is 10.9. The van der Waals surface area contributed by atoms with Gasteiger partial charge in [0, 0.05) is 31.5 Å². The number of nitrogens with one attached hydrogen (secondary N) is 1. The molecule has 0 unspecified atom stereocenters. The minimum atomic E-state index is 0.147. The van der Waals surface area contributed by atoms with Crippen molar-refractivity contribution in [1.82, 2.24) is 9.97 Å². The SMILES string of the molecule is Cc1cc(NN=Cc2ccc(N(C)C)cc2)nc(-c2ccccc2O)n1. The number of aromatic hydroxyl groups is 1. The Kier molecular flexibility index (Phi) is 5.12. The maximum absolute atomic E-state index is 10.00. The maximum Gasteiger partial charge on any atom is 0.165 e. The first-order valence-electron chi connectivity index (χ1n) is 8.23. The molecule has 6 nitrogen and oxygen atoms in total. The van der Waals surface area contributed by atoms with Crippen LogP contribution in [0.25, 0.3) is 11.4 Å². The molecule has 0 radical (unpaired) electrons. The van der Waals surface area contributed by atoms with E-state index in [1.165, 1.54) is 0 Å². The summed E-state index contributed by atoms with van der Waals surface area (Å²) in [6.45, 7) is 1.88. The number of phenols is 1. The van der Waals surface area contributed by atoms with Gasteiger partial charge in [-0.3, -0.25) is 5.43 Å². The third-order valence-corrected chi connectivity index (χ3v) is 3.80. The van der Waals surface area contributed by atoms with E-state index >= 15 is 0 Å². The second-order valence-electron chi connectivity index (χ2n) is 6.09. The van der Waals surface area contributed by atoms with Crippen LogP contribution in [0.3, 0.4) is 0 Å². The third kappa shape index (κ3) is 4.16. The van der Waals surface area contributed by atoms with Crippen molar-refractivity contribution in [1.29, 1.82) is 0 Å². The molecule has 0 saturated carbocycles. The predicted octanol–water partition coefficient (Wildman–Crippen LogP) is 3.67. The number of benzene rings is 2. The number of anilines is 2. The Morgan fingerprint density at radius 3 is 2.46 bits per heavy atom. The van der Waals surface area contributed by atoms with Gasteiger partial charge in [-0.15, -0.1) is 0 Å². The van der Waals surface area contributed by atoms with Crippen molar-refractivity contribution >= 4 is 17.7 Å². The monoisotopic (exact) mass is 347 g/mol. The molecule has 0 aliphatic heterocycles. The highest BCUT2D eigenvalue weighted by Crippen LogP contribution is 2.26. The number of hydrazone groups is 1. The van der Waals surface area contributed by atoms with Crippen LogP contribution in [0.2, 0.25) is 0 Å². The molecule has 1 heterocycles. The second-order valence-corrected chi connectivity index (χ2v) is 6.09. The second kappa shape index (κ2) is 7.65. The smallest absolute Gasteiger partial charge is 0.165 e. The van der Waals surface area contributed by atoms with E-state index in [0.717, 1.165) is 16.9 Å². The zero-order valence-electron chi connectivity index (χ0n) is 15.0. The number of para-hydroxylation sites is 1. The minimum Gasteiger partial charge on any atom is -0.507 e. The molecule has 0 fully saturated rings. The van der Waals surface area contributed by atoms with E-state index in [1.807, 2.05) is 56.3 Å². The molecule has 3 rings (SSSR count). The molecule has 2 aromatic carbocycles. The van der Waals surface area contributed by atoms with E-state index in [0.29, 0.717) is 17.2 Å². The van der Waals surface area contributed by atoms with Crippen molar-refractivity contribution in [3.63, 3.8) is 0 Å². The molecule has 132 valence electrons. The van der Waals surface area contributed by atoms with E-state index in [9.17, 15) is 5.11 Å². The standard InChI is InChI=1S/C20H21N5O/c1-14-12-19(23-20(22-14)17-6-4-5-7-18(17)26)24-21-13-15-8-10-16(11-9-15)25(2)3/h4-13,26H,1-3H3,(H,22,23,24). The largest absolute Gasteiger partial charge is 0.507 e. The average Bonchev–Trinajstić information content (AvgIpc) is 2.62. The highest BCUT2D eigenvalue weighted by atomic mass is 16.3. The zero-order chi connectivity index (χ0) is 18.5. The molecule has 0 spiro atoms. The van der Waals surface area contributed by atoms with Crippen LogP contribution >= 0.6 is 0 Å². The van der Waals surface area contributed by atoms with Crippen molar-refractivity contribution in [2.75, 3.05) is 24.4 Å². The van der Waals surface area contributed by atoms with Crippen molar-refractivity contribution < 1.29 is 5.11 Å². The molecule has 6 heteroatoms. The van der Waals surface area contributed by atoms with Crippen LogP contribution in [-0.4, -0.2) is 35.4 Å². The van der Waals surface area contributed by atoms with Gasteiger partial charge in [0.1, 0.15) is 5.75 Å². The fourth-order valence-electron chi connectivity index (χ4n) is 2.44. The maximum atomic E-state index is 10.00. The molecule has 1 aromatic heterocycles. The van der Waals surface area contributed by atoms with Gasteiger partial charge in [0.15, 0.2) is 11.6 Å².